The fourth-order valence-corrected chi connectivity index (χ4v) is 4.46. The van der Waals surface area contributed by atoms with Crippen LogP contribution in [0.5, 0.6) is 0 Å². The molecule has 0 atom stereocenters. The first-order chi connectivity index (χ1) is 15.4. The highest BCUT2D eigenvalue weighted by molar-refractivity contribution is 5.97. The van der Waals surface area contributed by atoms with E-state index in [4.69, 9.17) is 9.97 Å². The van der Waals surface area contributed by atoms with Crippen molar-refractivity contribution in [2.75, 3.05) is 0 Å². The predicted octanol–water partition coefficient (Wildman–Crippen LogP) is 7.25. The maximum Gasteiger partial charge on any atom is 0.0733 e. The van der Waals surface area contributed by atoms with Gasteiger partial charge in [-0.1, -0.05) is 25.3 Å². The quantitative estimate of drug-likeness (QED) is 0.460. The molecule has 5 rings (SSSR count). The Morgan fingerprint density at radius 3 is 2.25 bits per heavy atom. The van der Waals surface area contributed by atoms with E-state index in [1.807, 2.05) is 12.2 Å². The van der Waals surface area contributed by atoms with Crippen molar-refractivity contribution in [3.8, 4) is 0 Å². The minimum absolute atomic E-state index is 0.909. The number of aromatic amines is 2. The maximum absolute atomic E-state index is 4.96. The van der Waals surface area contributed by atoms with Crippen molar-refractivity contribution in [3.05, 3.63) is 89.0 Å². The normalized spacial score (nSPS) is 13.3. The first kappa shape index (κ1) is 20.0. The highest BCUT2D eigenvalue weighted by atomic mass is 14.8. The standard InChI is InChI=1S/C28H26N4/c1-7-21-18(6)26-14-28-22(8-2)17(5)25(31-28)12-23-15(3)9-19(29-23)11-20-10-16(4)24(30-20)13-27(21)32-26/h7-14,30-31H,1-2H2,3-6H3. The van der Waals surface area contributed by atoms with E-state index < -0.39 is 0 Å². The molecule has 0 aliphatic carbocycles. The average molecular weight is 419 g/mol. The fraction of sp³-hybridized carbons (Fsp3) is 0.143. The first-order valence-electron chi connectivity index (χ1n) is 10.8. The van der Waals surface area contributed by atoms with Gasteiger partial charge in [-0.05, 0) is 86.4 Å². The number of aromatic nitrogens is 4. The van der Waals surface area contributed by atoms with Gasteiger partial charge >= 0.3 is 0 Å². The molecule has 2 aliphatic rings. The molecule has 158 valence electrons. The van der Waals surface area contributed by atoms with Crippen molar-refractivity contribution < 1.29 is 0 Å². The van der Waals surface area contributed by atoms with Gasteiger partial charge in [-0.2, -0.15) is 0 Å². The number of aryl methyl sites for hydroxylation is 2. The van der Waals surface area contributed by atoms with E-state index in [-0.39, 0.29) is 0 Å². The SMILES string of the molecule is C=CC1=C(C)c2cc3[nH]c(cc4nc(cc5cc(C)c(cc1n2)[nH]5)C=C4C)c(C)c3C=C. The van der Waals surface area contributed by atoms with Gasteiger partial charge in [0, 0.05) is 33.2 Å². The molecular weight excluding hydrogens is 392 g/mol. The second kappa shape index (κ2) is 7.34. The minimum Gasteiger partial charge on any atom is -0.355 e. The van der Waals surface area contributed by atoms with E-state index in [1.54, 1.807) is 0 Å². The number of H-pyrrole nitrogens is 2. The van der Waals surface area contributed by atoms with Crippen molar-refractivity contribution in [3.63, 3.8) is 0 Å². The lowest BCUT2D eigenvalue weighted by molar-refractivity contribution is 1.29. The summed E-state index contributed by atoms with van der Waals surface area (Å²) < 4.78 is 0. The monoisotopic (exact) mass is 418 g/mol. The second-order valence-corrected chi connectivity index (χ2v) is 8.47. The molecule has 0 saturated heterocycles. The molecule has 4 heteroatoms. The van der Waals surface area contributed by atoms with Gasteiger partial charge in [-0.25, -0.2) is 9.97 Å². The lowest BCUT2D eigenvalue weighted by Gasteiger charge is -1.96. The largest absolute Gasteiger partial charge is 0.355 e. The summed E-state index contributed by atoms with van der Waals surface area (Å²) >= 11 is 0. The van der Waals surface area contributed by atoms with Gasteiger partial charge in [-0.15, -0.1) is 0 Å². The van der Waals surface area contributed by atoms with E-state index in [0.29, 0.717) is 0 Å². The van der Waals surface area contributed by atoms with Gasteiger partial charge in [0.05, 0.1) is 22.8 Å². The van der Waals surface area contributed by atoms with Crippen LogP contribution in [0.1, 0.15) is 53.3 Å². The summed E-state index contributed by atoms with van der Waals surface area (Å²) in [5, 5.41) is 0. The molecule has 2 aliphatic heterocycles. The third kappa shape index (κ3) is 3.16. The zero-order valence-corrected chi connectivity index (χ0v) is 18.9. The number of hydrogen-bond acceptors (Lipinski definition) is 2. The Bertz CT molecular complexity index is 1540. The molecule has 0 radical (unpaired) electrons. The predicted molar refractivity (Wildman–Crippen MR) is 137 cm³/mol. The smallest absolute Gasteiger partial charge is 0.0733 e. The summed E-state index contributed by atoms with van der Waals surface area (Å²) in [5.74, 6) is 0. The summed E-state index contributed by atoms with van der Waals surface area (Å²) in [4.78, 5) is 16.9. The van der Waals surface area contributed by atoms with Crippen LogP contribution in [0.3, 0.4) is 0 Å². The molecule has 0 aromatic carbocycles. The second-order valence-electron chi connectivity index (χ2n) is 8.47. The Morgan fingerprint density at radius 2 is 1.50 bits per heavy atom. The molecule has 0 unspecified atom stereocenters. The summed E-state index contributed by atoms with van der Waals surface area (Å²) in [7, 11) is 0. The summed E-state index contributed by atoms with van der Waals surface area (Å²) in [5.41, 5.74) is 14.5. The van der Waals surface area contributed by atoms with Gasteiger partial charge in [-0.3, -0.25) is 0 Å². The van der Waals surface area contributed by atoms with Crippen LogP contribution in [0.2, 0.25) is 0 Å². The Morgan fingerprint density at radius 1 is 0.750 bits per heavy atom. The van der Waals surface area contributed by atoms with Gasteiger partial charge in [0.1, 0.15) is 0 Å². The molecule has 3 aromatic rings. The zero-order valence-electron chi connectivity index (χ0n) is 18.9. The van der Waals surface area contributed by atoms with E-state index in [0.717, 1.165) is 78.3 Å². The highest BCUT2D eigenvalue weighted by Gasteiger charge is 2.15. The summed E-state index contributed by atoms with van der Waals surface area (Å²) in [6.07, 6.45) is 5.90. The van der Waals surface area contributed by atoms with E-state index >= 15 is 0 Å². The van der Waals surface area contributed by atoms with Crippen LogP contribution < -0.4 is 0 Å². The first-order valence-corrected chi connectivity index (χ1v) is 10.8. The van der Waals surface area contributed by atoms with E-state index in [2.05, 4.69) is 87.2 Å². The van der Waals surface area contributed by atoms with E-state index in [1.165, 1.54) is 0 Å². The van der Waals surface area contributed by atoms with Crippen molar-refractivity contribution in [1.82, 2.24) is 19.9 Å². The van der Waals surface area contributed by atoms with Gasteiger partial charge in [0.25, 0.3) is 0 Å². The summed E-state index contributed by atoms with van der Waals surface area (Å²) in [6.45, 7) is 16.5. The number of nitrogens with zero attached hydrogens (tertiary/aromatic N) is 2. The highest BCUT2D eigenvalue weighted by Crippen LogP contribution is 2.32. The van der Waals surface area contributed by atoms with Crippen LogP contribution in [0.15, 0.2) is 49.6 Å². The maximum atomic E-state index is 4.96. The molecule has 0 amide bonds. The van der Waals surface area contributed by atoms with Crippen LogP contribution >= 0.6 is 0 Å². The Balaban J connectivity index is 1.97. The van der Waals surface area contributed by atoms with Crippen LogP contribution in [0, 0.1) is 13.8 Å². The van der Waals surface area contributed by atoms with Crippen LogP contribution in [-0.4, -0.2) is 19.9 Å². The summed E-state index contributed by atoms with van der Waals surface area (Å²) in [6, 6.07) is 10.5. The lowest BCUT2D eigenvalue weighted by Crippen LogP contribution is -1.79. The Labute approximate surface area is 187 Å². The zero-order chi connectivity index (χ0) is 22.6. The molecule has 0 spiro atoms. The Hall–Kier alpha value is -3.92. The lowest BCUT2D eigenvalue weighted by atomic mass is 10.1. The number of nitrogens with one attached hydrogen (secondary N) is 2. The number of allylic oxidation sites excluding steroid dienone is 4. The third-order valence-corrected chi connectivity index (χ3v) is 6.32. The topological polar surface area (TPSA) is 57.4 Å². The average Bonchev–Trinajstić information content (AvgIpc) is 3.44. The minimum atomic E-state index is 0.909. The fourth-order valence-electron chi connectivity index (χ4n) is 4.46. The van der Waals surface area contributed by atoms with Gasteiger partial charge in [0.2, 0.25) is 0 Å². The number of fused-ring (bicyclic) bond motifs is 8. The number of rotatable bonds is 2. The molecule has 3 aromatic heterocycles. The van der Waals surface area contributed by atoms with Crippen LogP contribution in [0.4, 0.5) is 0 Å². The number of hydrogen-bond donors (Lipinski definition) is 2. The van der Waals surface area contributed by atoms with E-state index in [9.17, 15) is 0 Å². The third-order valence-electron chi connectivity index (χ3n) is 6.32. The van der Waals surface area contributed by atoms with Crippen LogP contribution in [-0.2, 0) is 0 Å². The molecule has 5 heterocycles. The molecule has 32 heavy (non-hydrogen) atoms. The van der Waals surface area contributed by atoms with Crippen molar-refractivity contribution >= 4 is 50.9 Å². The molecule has 0 fully saturated rings. The van der Waals surface area contributed by atoms with Crippen molar-refractivity contribution in [2.24, 2.45) is 0 Å². The molecule has 0 saturated carbocycles. The van der Waals surface area contributed by atoms with Crippen molar-refractivity contribution in [1.29, 1.82) is 0 Å². The molecule has 4 nitrogen and oxygen atoms in total. The molecular formula is C28H26N4. The van der Waals surface area contributed by atoms with Crippen molar-refractivity contribution in [2.45, 2.75) is 27.7 Å². The molecule has 2 N–H and O–H groups in total. The molecule has 8 bridgehead atoms. The van der Waals surface area contributed by atoms with Crippen LogP contribution in [0.25, 0.3) is 50.9 Å². The Kier molecular flexibility index (Phi) is 4.59. The van der Waals surface area contributed by atoms with Gasteiger partial charge < -0.3 is 9.97 Å². The van der Waals surface area contributed by atoms with Gasteiger partial charge in [0.15, 0.2) is 0 Å².